The third kappa shape index (κ3) is 5.40. The summed E-state index contributed by atoms with van der Waals surface area (Å²) in [5.41, 5.74) is 6.57. The lowest BCUT2D eigenvalue weighted by atomic mass is 9.55. The van der Waals surface area contributed by atoms with Gasteiger partial charge in [-0.25, -0.2) is 0 Å². The molecule has 0 N–H and O–H groups in total. The van der Waals surface area contributed by atoms with Crippen LogP contribution in [0.1, 0.15) is 61.6 Å². The summed E-state index contributed by atoms with van der Waals surface area (Å²) >= 11 is 0. The van der Waals surface area contributed by atoms with E-state index < -0.39 is 25.2 Å². The Bertz CT molecular complexity index is 927. The zero-order valence-electron chi connectivity index (χ0n) is 22.1. The van der Waals surface area contributed by atoms with E-state index in [1.165, 1.54) is 24.0 Å². The van der Waals surface area contributed by atoms with Crippen molar-refractivity contribution in [2.45, 2.75) is 97.2 Å². The van der Waals surface area contributed by atoms with Gasteiger partial charge in [0.25, 0.3) is 0 Å². The van der Waals surface area contributed by atoms with Crippen molar-refractivity contribution in [3.05, 3.63) is 40.6 Å². The Morgan fingerprint density at radius 2 is 1.61 bits per heavy atom. The maximum Gasteiger partial charge on any atom is 0.341 e. The van der Waals surface area contributed by atoms with Crippen molar-refractivity contribution in [1.29, 1.82) is 0 Å². The largest absolute Gasteiger partial charge is 0.434 e. The van der Waals surface area contributed by atoms with Gasteiger partial charge in [-0.2, -0.15) is 0 Å². The zero-order valence-corrected chi connectivity index (χ0v) is 25.1. The van der Waals surface area contributed by atoms with E-state index >= 15 is 0 Å². The average molecular weight is 501 g/mol. The van der Waals surface area contributed by atoms with E-state index in [2.05, 4.69) is 82.7 Å². The molecule has 3 aliphatic rings. The summed E-state index contributed by atoms with van der Waals surface area (Å²) < 4.78 is 13.3. The topological polar surface area (TPSA) is 35.5 Å². The van der Waals surface area contributed by atoms with E-state index in [-0.39, 0.29) is 5.41 Å². The first-order valence-electron chi connectivity index (χ1n) is 12.9. The van der Waals surface area contributed by atoms with Crippen molar-refractivity contribution in [2.75, 3.05) is 0 Å². The molecule has 3 nitrogen and oxygen atoms in total. The molecule has 0 bridgehead atoms. The van der Waals surface area contributed by atoms with Crippen LogP contribution in [0.3, 0.4) is 0 Å². The molecule has 0 saturated heterocycles. The van der Waals surface area contributed by atoms with Gasteiger partial charge in [-0.15, -0.1) is 0 Å². The number of hydrogen-bond acceptors (Lipinski definition) is 3. The quantitative estimate of drug-likeness (QED) is 0.381. The molecule has 0 radical (unpaired) electrons. The Morgan fingerprint density at radius 3 is 2.24 bits per heavy atom. The van der Waals surface area contributed by atoms with E-state index in [4.69, 9.17) is 8.23 Å². The van der Waals surface area contributed by atoms with Gasteiger partial charge in [0.05, 0.1) is 0 Å². The predicted octanol–water partition coefficient (Wildman–Crippen LogP) is 7.44. The standard InChI is InChI=1S/C27H44O3Si3/c1-27-17-15-23-22-11-9-20(16-18-33(8,29-31(2,3)4)30-32(5,6)7)19-21(22)10-12-24(23)25(27)13-14-26(27)28/h9,11,16,18-19,23-25H,10,12-15,17H2,1-8H3/b18-16+/t23-,24-,25+,27+/m1/s1. The van der Waals surface area contributed by atoms with Gasteiger partial charge >= 0.3 is 8.56 Å². The van der Waals surface area contributed by atoms with Crippen molar-refractivity contribution >= 4 is 37.1 Å². The third-order valence-electron chi connectivity index (χ3n) is 8.06. The van der Waals surface area contributed by atoms with Gasteiger partial charge in [0.2, 0.25) is 0 Å². The summed E-state index contributed by atoms with van der Waals surface area (Å²) in [6.07, 6.45) is 8.81. The lowest BCUT2D eigenvalue weighted by Crippen LogP contribution is -2.51. The van der Waals surface area contributed by atoms with Gasteiger partial charge in [0.1, 0.15) is 5.78 Å². The number of ketones is 1. The van der Waals surface area contributed by atoms with E-state index in [0.717, 1.165) is 25.7 Å². The summed E-state index contributed by atoms with van der Waals surface area (Å²) in [7, 11) is -5.81. The van der Waals surface area contributed by atoms with Gasteiger partial charge in [-0.3, -0.25) is 4.79 Å². The van der Waals surface area contributed by atoms with Gasteiger partial charge in [-0.05, 0) is 118 Å². The van der Waals surface area contributed by atoms with Crippen LogP contribution in [0, 0.1) is 17.3 Å². The second-order valence-electron chi connectivity index (χ2n) is 13.1. The number of rotatable bonds is 6. The molecule has 3 aliphatic carbocycles. The molecular weight excluding hydrogens is 457 g/mol. The van der Waals surface area contributed by atoms with Crippen LogP contribution in [0.4, 0.5) is 0 Å². The SMILES string of the molecule is C[C@]12CC[C@@H]3c4ccc(/C=C/[Si](C)(O[Si](C)(C)C)O[Si](C)(C)C)cc4CC[C@H]3[C@@H]1CCC2=O. The lowest BCUT2D eigenvalue weighted by molar-refractivity contribution is -0.129. The zero-order chi connectivity index (χ0) is 24.2. The fraction of sp³-hybridized carbons (Fsp3) is 0.667. The van der Waals surface area contributed by atoms with Crippen molar-refractivity contribution in [1.82, 2.24) is 0 Å². The fourth-order valence-electron chi connectivity index (χ4n) is 7.03. The molecule has 0 aromatic heterocycles. The van der Waals surface area contributed by atoms with E-state index in [1.54, 1.807) is 5.56 Å². The molecule has 6 heteroatoms. The van der Waals surface area contributed by atoms with Crippen LogP contribution in [0.25, 0.3) is 6.08 Å². The molecule has 0 spiro atoms. The van der Waals surface area contributed by atoms with Crippen molar-refractivity contribution in [2.24, 2.45) is 17.3 Å². The first-order chi connectivity index (χ1) is 15.2. The van der Waals surface area contributed by atoms with Crippen molar-refractivity contribution in [3.8, 4) is 0 Å². The lowest BCUT2D eigenvalue weighted by Gasteiger charge is -2.48. The molecule has 1 aromatic rings. The second kappa shape index (κ2) is 8.70. The van der Waals surface area contributed by atoms with Crippen LogP contribution in [0.15, 0.2) is 23.9 Å². The second-order valence-corrected chi connectivity index (χ2v) is 25.5. The van der Waals surface area contributed by atoms with Crippen LogP contribution in [0.5, 0.6) is 0 Å². The molecule has 182 valence electrons. The van der Waals surface area contributed by atoms with Crippen LogP contribution < -0.4 is 0 Å². The first-order valence-corrected chi connectivity index (χ1v) is 22.2. The molecular formula is C27H44O3Si3. The third-order valence-corrected chi connectivity index (χ3v) is 17.0. The Balaban J connectivity index is 1.56. The molecule has 4 atom stereocenters. The molecule has 0 amide bonds. The average Bonchev–Trinajstić information content (AvgIpc) is 2.98. The number of Topliss-reactive ketones (excluding diaryl/α,β-unsaturated/α-hetero) is 1. The normalized spacial score (nSPS) is 30.3. The smallest absolute Gasteiger partial charge is 0.341 e. The number of benzene rings is 1. The molecule has 1 aromatic carbocycles. The number of carbonyl (C=O) groups excluding carboxylic acids is 1. The fourth-order valence-corrected chi connectivity index (χ4v) is 18.3. The predicted molar refractivity (Wildman–Crippen MR) is 146 cm³/mol. The molecule has 0 heterocycles. The maximum absolute atomic E-state index is 12.6. The minimum atomic E-state index is -2.39. The highest BCUT2D eigenvalue weighted by atomic mass is 28.5. The molecule has 0 unspecified atom stereocenters. The van der Waals surface area contributed by atoms with Gasteiger partial charge in [-0.1, -0.05) is 31.2 Å². The Hall–Kier alpha value is -0.799. The van der Waals surface area contributed by atoms with E-state index in [1.807, 2.05) is 0 Å². The first kappa shape index (κ1) is 25.3. The summed E-state index contributed by atoms with van der Waals surface area (Å²) in [4.78, 5) is 12.6. The van der Waals surface area contributed by atoms with E-state index in [0.29, 0.717) is 23.5 Å². The highest BCUT2D eigenvalue weighted by Crippen LogP contribution is 2.59. The molecule has 33 heavy (non-hydrogen) atoms. The number of aryl methyl sites for hydroxylation is 1. The Labute approximate surface area is 204 Å². The number of hydrogen-bond donors (Lipinski definition) is 0. The van der Waals surface area contributed by atoms with Crippen LogP contribution in [-0.4, -0.2) is 31.0 Å². The van der Waals surface area contributed by atoms with Gasteiger partial charge < -0.3 is 8.23 Å². The minimum Gasteiger partial charge on any atom is -0.434 e. The number of carbonyl (C=O) groups is 1. The van der Waals surface area contributed by atoms with Crippen molar-refractivity contribution < 1.29 is 13.0 Å². The molecule has 2 saturated carbocycles. The Morgan fingerprint density at radius 1 is 0.939 bits per heavy atom. The maximum atomic E-state index is 12.6. The molecule has 2 fully saturated rings. The van der Waals surface area contributed by atoms with Gasteiger partial charge in [0.15, 0.2) is 16.6 Å². The minimum absolute atomic E-state index is 0.0385. The van der Waals surface area contributed by atoms with Crippen LogP contribution in [0.2, 0.25) is 45.8 Å². The Kier molecular flexibility index (Phi) is 6.67. The summed E-state index contributed by atoms with van der Waals surface area (Å²) in [6.45, 7) is 18.0. The number of fused-ring (bicyclic) bond motifs is 5. The monoisotopic (exact) mass is 500 g/mol. The van der Waals surface area contributed by atoms with Crippen LogP contribution in [-0.2, 0) is 19.4 Å². The highest BCUT2D eigenvalue weighted by molar-refractivity contribution is 6.90. The highest BCUT2D eigenvalue weighted by Gasteiger charge is 2.54. The molecule has 0 aliphatic heterocycles. The summed E-state index contributed by atoms with van der Waals surface area (Å²) in [5.74, 6) is 2.46. The summed E-state index contributed by atoms with van der Waals surface area (Å²) in [6, 6.07) is 7.10. The van der Waals surface area contributed by atoms with Crippen molar-refractivity contribution in [3.63, 3.8) is 0 Å². The molecule has 4 rings (SSSR count). The van der Waals surface area contributed by atoms with E-state index in [9.17, 15) is 4.79 Å². The summed E-state index contributed by atoms with van der Waals surface area (Å²) in [5, 5.41) is 0. The van der Waals surface area contributed by atoms with Gasteiger partial charge in [0, 0.05) is 11.8 Å². The van der Waals surface area contributed by atoms with Crippen LogP contribution >= 0.6 is 0 Å².